The van der Waals surface area contributed by atoms with E-state index in [0.717, 1.165) is 0 Å². The first kappa shape index (κ1) is 34.9. The van der Waals surface area contributed by atoms with E-state index in [0.29, 0.717) is 0 Å². The zero-order valence-corrected chi connectivity index (χ0v) is 26.5. The molecule has 2 saturated heterocycles. The SMILES string of the molecule is CC(=O)OCC1OC(OC2C(COC(C)=O)OC(OC(=O)C(C)(C)Br)C(OC(C)=O)C2C)C(OC(C)=O)C(C)C1C. The molecule has 0 aromatic heterocycles. The van der Waals surface area contributed by atoms with Gasteiger partial charge in [-0.2, -0.15) is 0 Å². The largest absolute Gasteiger partial charge is 0.463 e. The Bertz CT molecular complexity index is 959. The average molecular weight is 654 g/mol. The molecule has 0 N–H and O–H groups in total. The van der Waals surface area contributed by atoms with Gasteiger partial charge in [0.15, 0.2) is 18.5 Å². The Morgan fingerprint density at radius 3 is 1.56 bits per heavy atom. The van der Waals surface area contributed by atoms with Crippen molar-refractivity contribution in [2.45, 2.75) is 110 Å². The predicted molar refractivity (Wildman–Crippen MR) is 143 cm³/mol. The minimum atomic E-state index is -1.36. The molecule has 0 bridgehead atoms. The summed E-state index contributed by atoms with van der Waals surface area (Å²) in [5.74, 6) is -4.15. The van der Waals surface area contributed by atoms with E-state index in [2.05, 4.69) is 15.9 Å². The minimum Gasteiger partial charge on any atom is -0.463 e. The van der Waals surface area contributed by atoms with Crippen LogP contribution in [0.25, 0.3) is 0 Å². The van der Waals surface area contributed by atoms with Gasteiger partial charge in [0.2, 0.25) is 6.29 Å². The van der Waals surface area contributed by atoms with Crippen LogP contribution in [0.3, 0.4) is 0 Å². The lowest BCUT2D eigenvalue weighted by Crippen LogP contribution is -2.61. The number of esters is 5. The summed E-state index contributed by atoms with van der Waals surface area (Å²) in [5, 5.41) is 0. The number of hydrogen-bond donors (Lipinski definition) is 0. The van der Waals surface area contributed by atoms with Gasteiger partial charge in [0, 0.05) is 39.5 Å². The van der Waals surface area contributed by atoms with Gasteiger partial charge in [0.25, 0.3) is 0 Å². The van der Waals surface area contributed by atoms with Crippen molar-refractivity contribution < 1.29 is 61.9 Å². The maximum absolute atomic E-state index is 12.7. The monoisotopic (exact) mass is 652 g/mol. The Labute approximate surface area is 248 Å². The van der Waals surface area contributed by atoms with Gasteiger partial charge in [0.05, 0.1) is 12.2 Å². The van der Waals surface area contributed by atoms with Crippen LogP contribution in [0.2, 0.25) is 0 Å². The van der Waals surface area contributed by atoms with Crippen molar-refractivity contribution in [1.29, 1.82) is 0 Å². The zero-order valence-electron chi connectivity index (χ0n) is 24.9. The highest BCUT2D eigenvalue weighted by Crippen LogP contribution is 2.38. The van der Waals surface area contributed by atoms with Gasteiger partial charge in [-0.15, -0.1) is 0 Å². The van der Waals surface area contributed by atoms with Crippen molar-refractivity contribution >= 4 is 45.8 Å². The van der Waals surface area contributed by atoms with Crippen molar-refractivity contribution in [3.8, 4) is 0 Å². The second-order valence-electron chi connectivity index (χ2n) is 10.9. The van der Waals surface area contributed by atoms with Crippen LogP contribution < -0.4 is 0 Å². The highest BCUT2D eigenvalue weighted by Gasteiger charge is 2.53. The minimum absolute atomic E-state index is 0.0580. The molecule has 0 aliphatic carbocycles. The summed E-state index contributed by atoms with van der Waals surface area (Å²) in [5.41, 5.74) is 0. The molecule has 10 unspecified atom stereocenters. The van der Waals surface area contributed by atoms with E-state index in [-0.39, 0.29) is 25.0 Å². The van der Waals surface area contributed by atoms with Crippen molar-refractivity contribution in [3.05, 3.63) is 0 Å². The summed E-state index contributed by atoms with van der Waals surface area (Å²) in [6.07, 6.45) is -7.09. The van der Waals surface area contributed by atoms with E-state index >= 15 is 0 Å². The molecule has 234 valence electrons. The molecule has 41 heavy (non-hydrogen) atoms. The first-order valence-corrected chi connectivity index (χ1v) is 14.2. The van der Waals surface area contributed by atoms with Crippen molar-refractivity contribution in [1.82, 2.24) is 0 Å². The zero-order chi connectivity index (χ0) is 31.2. The maximum Gasteiger partial charge on any atom is 0.324 e. The number of ether oxygens (including phenoxy) is 8. The molecule has 0 radical (unpaired) electrons. The van der Waals surface area contributed by atoms with Crippen LogP contribution in [-0.2, 0) is 61.9 Å². The van der Waals surface area contributed by atoms with Crippen LogP contribution in [0, 0.1) is 17.8 Å². The van der Waals surface area contributed by atoms with Gasteiger partial charge < -0.3 is 37.9 Å². The summed E-state index contributed by atoms with van der Waals surface area (Å²) in [6, 6.07) is 0. The summed E-state index contributed by atoms with van der Waals surface area (Å²) >= 11 is 3.24. The molecule has 0 saturated carbocycles. The Hall–Kier alpha value is -2.29. The number of hydrogen-bond acceptors (Lipinski definition) is 13. The first-order valence-electron chi connectivity index (χ1n) is 13.4. The van der Waals surface area contributed by atoms with E-state index in [9.17, 15) is 24.0 Å². The number of alkyl halides is 1. The molecule has 0 aromatic rings. The summed E-state index contributed by atoms with van der Waals surface area (Å²) in [7, 11) is 0. The van der Waals surface area contributed by atoms with E-state index in [1.165, 1.54) is 27.7 Å². The van der Waals surface area contributed by atoms with Gasteiger partial charge in [-0.1, -0.05) is 36.7 Å². The van der Waals surface area contributed by atoms with E-state index in [1.807, 2.05) is 13.8 Å². The lowest BCUT2D eigenvalue weighted by atomic mass is 9.83. The molecular weight excluding hydrogens is 612 g/mol. The quantitative estimate of drug-likeness (QED) is 0.192. The molecule has 13 nitrogen and oxygen atoms in total. The summed E-state index contributed by atoms with van der Waals surface area (Å²) in [6.45, 7) is 13.2. The third-order valence-electron chi connectivity index (χ3n) is 7.00. The topological polar surface area (TPSA) is 159 Å². The van der Waals surface area contributed by atoms with Crippen molar-refractivity contribution in [2.75, 3.05) is 13.2 Å². The number of rotatable bonds is 10. The lowest BCUT2D eigenvalue weighted by molar-refractivity contribution is -0.341. The predicted octanol–water partition coefficient (Wildman–Crippen LogP) is 2.44. The summed E-state index contributed by atoms with van der Waals surface area (Å²) in [4.78, 5) is 59.9. The number of carbonyl (C=O) groups is 5. The van der Waals surface area contributed by atoms with E-state index < -0.39 is 83.2 Å². The Morgan fingerprint density at radius 2 is 1.10 bits per heavy atom. The molecule has 0 aromatic carbocycles. The number of carbonyl (C=O) groups excluding carboxylic acids is 5. The molecule has 0 amide bonds. The molecule has 14 heteroatoms. The standard InChI is InChI=1S/C27H41BrO13/c1-12-13(2)22(36-17(6)31)24(38-19(12)10-34-15(4)29)40-21-14(3)23(37-18(7)32)25(41-26(33)27(8,9)28)39-20(21)11-35-16(5)30/h12-14,19-25H,10-11H2,1-9H3. The maximum atomic E-state index is 12.7. The highest BCUT2D eigenvalue weighted by atomic mass is 79.9. The molecule has 0 spiro atoms. The van der Waals surface area contributed by atoms with Gasteiger partial charge in [-0.25, -0.2) is 0 Å². The van der Waals surface area contributed by atoms with Crippen molar-refractivity contribution in [2.24, 2.45) is 17.8 Å². The molecule has 2 aliphatic rings. The highest BCUT2D eigenvalue weighted by molar-refractivity contribution is 9.10. The van der Waals surface area contributed by atoms with Gasteiger partial charge >= 0.3 is 29.8 Å². The van der Waals surface area contributed by atoms with E-state index in [4.69, 9.17) is 37.9 Å². The number of halogens is 1. The Morgan fingerprint density at radius 1 is 0.634 bits per heavy atom. The molecule has 2 aliphatic heterocycles. The fraction of sp³-hybridized carbons (Fsp3) is 0.815. The molecule has 2 fully saturated rings. The van der Waals surface area contributed by atoms with Crippen LogP contribution in [0.4, 0.5) is 0 Å². The molecule has 10 atom stereocenters. The van der Waals surface area contributed by atoms with Crippen LogP contribution in [0.1, 0.15) is 62.3 Å². The van der Waals surface area contributed by atoms with Crippen LogP contribution >= 0.6 is 15.9 Å². The van der Waals surface area contributed by atoms with Gasteiger partial charge in [-0.05, 0) is 19.8 Å². The fourth-order valence-corrected chi connectivity index (χ4v) is 4.70. The van der Waals surface area contributed by atoms with Crippen LogP contribution in [-0.4, -0.2) is 90.5 Å². The Balaban J connectivity index is 2.45. The smallest absolute Gasteiger partial charge is 0.324 e. The normalized spacial score (nSPS) is 33.7. The molecular formula is C27H41BrO13. The van der Waals surface area contributed by atoms with Crippen LogP contribution in [0.5, 0.6) is 0 Å². The van der Waals surface area contributed by atoms with Gasteiger partial charge in [-0.3, -0.25) is 24.0 Å². The second kappa shape index (κ2) is 14.7. The van der Waals surface area contributed by atoms with Gasteiger partial charge in [0.1, 0.15) is 23.6 Å². The van der Waals surface area contributed by atoms with E-state index in [1.54, 1.807) is 20.8 Å². The summed E-state index contributed by atoms with van der Waals surface area (Å²) < 4.78 is 44.6. The molecule has 2 rings (SSSR count). The fourth-order valence-electron chi connectivity index (χ4n) is 4.61. The average Bonchev–Trinajstić information content (AvgIpc) is 2.84. The third-order valence-corrected chi connectivity index (χ3v) is 7.32. The first-order chi connectivity index (χ1) is 18.9. The molecule has 2 heterocycles. The third kappa shape index (κ3) is 9.90. The van der Waals surface area contributed by atoms with Crippen LogP contribution in [0.15, 0.2) is 0 Å². The Kier molecular flexibility index (Phi) is 12.6. The second-order valence-corrected chi connectivity index (χ2v) is 12.9. The van der Waals surface area contributed by atoms with Crippen molar-refractivity contribution in [3.63, 3.8) is 0 Å². The lowest BCUT2D eigenvalue weighted by Gasteiger charge is -2.48.